The molecular weight excluding hydrogens is 292 g/mol. The third-order valence-corrected chi connectivity index (χ3v) is 3.21. The SMILES string of the molecule is CCCOC(COCCCCCOc1ccccc1)OCCC. The molecule has 0 radical (unpaired) electrons. The van der Waals surface area contributed by atoms with Crippen LogP contribution in [0.1, 0.15) is 46.0 Å². The summed E-state index contributed by atoms with van der Waals surface area (Å²) < 4.78 is 22.6. The zero-order valence-corrected chi connectivity index (χ0v) is 14.7. The molecule has 0 heterocycles. The van der Waals surface area contributed by atoms with Crippen molar-refractivity contribution in [3.63, 3.8) is 0 Å². The van der Waals surface area contributed by atoms with E-state index in [1.165, 1.54) is 0 Å². The fourth-order valence-electron chi connectivity index (χ4n) is 2.01. The number of para-hydroxylation sites is 1. The Hall–Kier alpha value is -1.10. The molecule has 4 nitrogen and oxygen atoms in total. The third-order valence-electron chi connectivity index (χ3n) is 3.21. The fraction of sp³-hybridized carbons (Fsp3) is 0.684. The number of hydrogen-bond acceptors (Lipinski definition) is 4. The van der Waals surface area contributed by atoms with E-state index in [0.717, 1.165) is 51.1 Å². The van der Waals surface area contributed by atoms with Crippen LogP contribution in [0, 0.1) is 0 Å². The van der Waals surface area contributed by atoms with Gasteiger partial charge in [0, 0.05) is 19.8 Å². The summed E-state index contributed by atoms with van der Waals surface area (Å²) in [7, 11) is 0. The van der Waals surface area contributed by atoms with Gasteiger partial charge in [-0.25, -0.2) is 0 Å². The molecule has 0 N–H and O–H groups in total. The molecule has 0 aromatic heterocycles. The van der Waals surface area contributed by atoms with Gasteiger partial charge in [-0.15, -0.1) is 0 Å². The van der Waals surface area contributed by atoms with Crippen molar-refractivity contribution in [3.8, 4) is 5.75 Å². The van der Waals surface area contributed by atoms with Crippen LogP contribution >= 0.6 is 0 Å². The molecular formula is C19H32O4. The molecule has 0 saturated heterocycles. The summed E-state index contributed by atoms with van der Waals surface area (Å²) in [4.78, 5) is 0. The lowest BCUT2D eigenvalue weighted by atomic mass is 10.2. The Morgan fingerprint density at radius 3 is 2.09 bits per heavy atom. The third kappa shape index (κ3) is 11.1. The standard InChI is InChI=1S/C19H32O4/c1-3-13-22-19(23-14-4-2)17-20-15-9-6-10-16-21-18-11-7-5-8-12-18/h5,7-8,11-12,19H,3-4,6,9-10,13-17H2,1-2H3. The van der Waals surface area contributed by atoms with E-state index in [4.69, 9.17) is 18.9 Å². The first-order valence-corrected chi connectivity index (χ1v) is 8.85. The van der Waals surface area contributed by atoms with E-state index in [-0.39, 0.29) is 6.29 Å². The number of ether oxygens (including phenoxy) is 4. The highest BCUT2D eigenvalue weighted by Crippen LogP contribution is 2.09. The lowest BCUT2D eigenvalue weighted by molar-refractivity contribution is -0.172. The monoisotopic (exact) mass is 324 g/mol. The maximum absolute atomic E-state index is 5.66. The smallest absolute Gasteiger partial charge is 0.180 e. The zero-order valence-electron chi connectivity index (χ0n) is 14.7. The largest absolute Gasteiger partial charge is 0.494 e. The Morgan fingerprint density at radius 2 is 1.43 bits per heavy atom. The molecule has 0 amide bonds. The molecule has 23 heavy (non-hydrogen) atoms. The summed E-state index contributed by atoms with van der Waals surface area (Å²) in [6.07, 6.45) is 4.94. The minimum absolute atomic E-state index is 0.226. The Bertz CT molecular complexity index is 348. The number of hydrogen-bond donors (Lipinski definition) is 0. The van der Waals surface area contributed by atoms with Crippen LogP contribution in [0.15, 0.2) is 30.3 Å². The maximum atomic E-state index is 5.66. The Morgan fingerprint density at radius 1 is 0.783 bits per heavy atom. The van der Waals surface area contributed by atoms with Crippen molar-refractivity contribution in [3.05, 3.63) is 30.3 Å². The topological polar surface area (TPSA) is 36.9 Å². The quantitative estimate of drug-likeness (QED) is 0.353. The highest BCUT2D eigenvalue weighted by atomic mass is 16.7. The molecule has 0 spiro atoms. The van der Waals surface area contributed by atoms with Crippen molar-refractivity contribution in [2.24, 2.45) is 0 Å². The Labute approximate surface area is 141 Å². The lowest BCUT2D eigenvalue weighted by Gasteiger charge is -2.18. The zero-order chi connectivity index (χ0) is 16.6. The molecule has 0 aliphatic heterocycles. The molecule has 0 unspecified atom stereocenters. The molecule has 0 bridgehead atoms. The van der Waals surface area contributed by atoms with Gasteiger partial charge in [0.25, 0.3) is 0 Å². The van der Waals surface area contributed by atoms with Crippen molar-refractivity contribution in [2.45, 2.75) is 52.2 Å². The number of unbranched alkanes of at least 4 members (excludes halogenated alkanes) is 2. The van der Waals surface area contributed by atoms with Gasteiger partial charge in [0.1, 0.15) is 5.75 Å². The second kappa shape index (κ2) is 14.5. The van der Waals surface area contributed by atoms with E-state index < -0.39 is 0 Å². The van der Waals surface area contributed by atoms with Crippen LogP contribution in [-0.4, -0.2) is 39.3 Å². The van der Waals surface area contributed by atoms with Crippen molar-refractivity contribution in [1.82, 2.24) is 0 Å². The van der Waals surface area contributed by atoms with Crippen molar-refractivity contribution < 1.29 is 18.9 Å². The van der Waals surface area contributed by atoms with E-state index in [0.29, 0.717) is 19.8 Å². The minimum atomic E-state index is -0.226. The van der Waals surface area contributed by atoms with Crippen molar-refractivity contribution in [2.75, 3.05) is 33.0 Å². The highest BCUT2D eigenvalue weighted by Gasteiger charge is 2.08. The van der Waals surface area contributed by atoms with E-state index >= 15 is 0 Å². The summed E-state index contributed by atoms with van der Waals surface area (Å²) in [6.45, 7) is 7.63. The molecule has 0 saturated carbocycles. The molecule has 0 atom stereocenters. The van der Waals surface area contributed by atoms with Gasteiger partial charge in [-0.3, -0.25) is 0 Å². The Kier molecular flexibility index (Phi) is 12.6. The van der Waals surface area contributed by atoms with Gasteiger partial charge < -0.3 is 18.9 Å². The number of benzene rings is 1. The van der Waals surface area contributed by atoms with Crippen LogP contribution in [0.4, 0.5) is 0 Å². The van der Waals surface area contributed by atoms with Crippen molar-refractivity contribution >= 4 is 0 Å². The van der Waals surface area contributed by atoms with E-state index in [1.807, 2.05) is 30.3 Å². The molecule has 1 aromatic rings. The van der Waals surface area contributed by atoms with Crippen molar-refractivity contribution in [1.29, 1.82) is 0 Å². The van der Waals surface area contributed by atoms with Crippen LogP contribution in [0.5, 0.6) is 5.75 Å². The predicted octanol–water partition coefficient (Wildman–Crippen LogP) is 4.43. The van der Waals surface area contributed by atoms with Gasteiger partial charge in [0.05, 0.1) is 13.2 Å². The van der Waals surface area contributed by atoms with Crippen LogP contribution in [0.2, 0.25) is 0 Å². The summed E-state index contributed by atoms with van der Waals surface area (Å²) in [6, 6.07) is 9.93. The highest BCUT2D eigenvalue weighted by molar-refractivity contribution is 5.20. The van der Waals surface area contributed by atoms with E-state index in [2.05, 4.69) is 13.8 Å². The normalized spacial score (nSPS) is 11.1. The van der Waals surface area contributed by atoms with Gasteiger partial charge in [0.2, 0.25) is 0 Å². The summed E-state index contributed by atoms with van der Waals surface area (Å²) in [5.41, 5.74) is 0. The van der Waals surface area contributed by atoms with Crippen LogP contribution in [-0.2, 0) is 14.2 Å². The van der Waals surface area contributed by atoms with E-state index in [1.54, 1.807) is 0 Å². The minimum Gasteiger partial charge on any atom is -0.494 e. The fourth-order valence-corrected chi connectivity index (χ4v) is 2.01. The first-order chi connectivity index (χ1) is 11.4. The molecule has 0 aliphatic rings. The van der Waals surface area contributed by atoms with Crippen LogP contribution < -0.4 is 4.74 Å². The molecule has 0 aliphatic carbocycles. The first kappa shape index (κ1) is 19.9. The lowest BCUT2D eigenvalue weighted by Crippen LogP contribution is -2.24. The van der Waals surface area contributed by atoms with Gasteiger partial charge in [-0.05, 0) is 44.2 Å². The molecule has 0 fully saturated rings. The van der Waals surface area contributed by atoms with Gasteiger partial charge >= 0.3 is 0 Å². The van der Waals surface area contributed by atoms with Gasteiger partial charge in [-0.2, -0.15) is 0 Å². The average molecular weight is 324 g/mol. The van der Waals surface area contributed by atoms with Gasteiger partial charge in [0.15, 0.2) is 6.29 Å². The molecule has 1 rings (SSSR count). The number of rotatable bonds is 15. The first-order valence-electron chi connectivity index (χ1n) is 8.85. The second-order valence-corrected chi connectivity index (χ2v) is 5.47. The second-order valence-electron chi connectivity index (χ2n) is 5.47. The predicted molar refractivity (Wildman–Crippen MR) is 92.9 cm³/mol. The summed E-state index contributed by atoms with van der Waals surface area (Å²) >= 11 is 0. The summed E-state index contributed by atoms with van der Waals surface area (Å²) in [5.74, 6) is 0.938. The molecule has 1 aromatic carbocycles. The van der Waals surface area contributed by atoms with Crippen LogP contribution in [0.25, 0.3) is 0 Å². The Balaban J connectivity index is 1.96. The van der Waals surface area contributed by atoms with E-state index in [9.17, 15) is 0 Å². The maximum Gasteiger partial charge on any atom is 0.180 e. The van der Waals surface area contributed by atoms with Gasteiger partial charge in [-0.1, -0.05) is 32.0 Å². The summed E-state index contributed by atoms with van der Waals surface area (Å²) in [5, 5.41) is 0. The van der Waals surface area contributed by atoms with Crippen LogP contribution in [0.3, 0.4) is 0 Å². The molecule has 4 heteroatoms. The molecule has 132 valence electrons. The average Bonchev–Trinajstić information content (AvgIpc) is 2.59.